The summed E-state index contributed by atoms with van der Waals surface area (Å²) in [6.07, 6.45) is 2.40. The van der Waals surface area contributed by atoms with Gasteiger partial charge in [0.2, 0.25) is 0 Å². The Morgan fingerprint density at radius 1 is 1.03 bits per heavy atom. The Morgan fingerprint density at radius 2 is 1.70 bits per heavy atom. The van der Waals surface area contributed by atoms with E-state index in [0.29, 0.717) is 29.8 Å². The van der Waals surface area contributed by atoms with Crippen molar-refractivity contribution in [2.45, 2.75) is 32.4 Å². The second-order valence-electron chi connectivity index (χ2n) is 8.27. The van der Waals surface area contributed by atoms with E-state index in [4.69, 9.17) is 16.7 Å². The van der Waals surface area contributed by atoms with Crippen molar-refractivity contribution in [1.29, 1.82) is 10.9 Å². The fourth-order valence-corrected chi connectivity index (χ4v) is 4.04. The SMILES string of the molecule is CSCCC(NC(=O)c1ccc(CC(=N)N=N)cc1-c1ccccc1C)C(=O)O.NCc1ccccc1. The van der Waals surface area contributed by atoms with E-state index in [1.807, 2.05) is 67.8 Å². The average Bonchev–Trinajstić information content (AvgIpc) is 2.91. The number of carbonyl (C=O) groups excluding carboxylic acids is 1. The number of nitrogens with two attached hydrogens (primary N) is 1. The number of benzene rings is 3. The first kappa shape index (κ1) is 29.4. The van der Waals surface area contributed by atoms with Gasteiger partial charge in [-0.05, 0) is 65.3 Å². The van der Waals surface area contributed by atoms with Crippen molar-refractivity contribution in [1.82, 2.24) is 5.32 Å². The molecule has 0 heterocycles. The van der Waals surface area contributed by atoms with E-state index < -0.39 is 17.9 Å². The van der Waals surface area contributed by atoms with Gasteiger partial charge in [0.25, 0.3) is 5.91 Å². The summed E-state index contributed by atoms with van der Waals surface area (Å²) in [5.41, 5.74) is 17.1. The summed E-state index contributed by atoms with van der Waals surface area (Å²) in [5.74, 6) is -0.976. The van der Waals surface area contributed by atoms with Gasteiger partial charge in [0.05, 0.1) is 0 Å². The van der Waals surface area contributed by atoms with Gasteiger partial charge in [0.1, 0.15) is 11.9 Å². The van der Waals surface area contributed by atoms with Crippen LogP contribution in [-0.2, 0) is 17.8 Å². The predicted octanol–water partition coefficient (Wildman–Crippen LogP) is 5.29. The van der Waals surface area contributed by atoms with Gasteiger partial charge in [-0.1, -0.05) is 60.7 Å². The highest BCUT2D eigenvalue weighted by molar-refractivity contribution is 7.98. The summed E-state index contributed by atoms with van der Waals surface area (Å²) >= 11 is 1.52. The minimum absolute atomic E-state index is 0.0825. The Kier molecular flexibility index (Phi) is 12.2. The van der Waals surface area contributed by atoms with Crippen LogP contribution in [0.1, 0.15) is 33.5 Å². The maximum atomic E-state index is 12.9. The van der Waals surface area contributed by atoms with Gasteiger partial charge in [-0.2, -0.15) is 11.8 Å². The largest absolute Gasteiger partial charge is 0.480 e. The molecule has 0 aromatic heterocycles. The fourth-order valence-electron chi connectivity index (χ4n) is 3.57. The molecule has 3 aromatic rings. The second kappa shape index (κ2) is 15.3. The van der Waals surface area contributed by atoms with Crippen molar-refractivity contribution in [3.63, 3.8) is 0 Å². The van der Waals surface area contributed by atoms with Crippen molar-refractivity contribution in [3.8, 4) is 11.1 Å². The molecular weight excluding hydrogens is 486 g/mol. The lowest BCUT2D eigenvalue weighted by Gasteiger charge is -2.17. The van der Waals surface area contributed by atoms with Crippen LogP contribution in [0.15, 0.2) is 77.9 Å². The Labute approximate surface area is 221 Å². The topological polar surface area (TPSA) is 152 Å². The van der Waals surface area contributed by atoms with E-state index in [1.165, 1.54) is 17.3 Å². The van der Waals surface area contributed by atoms with Gasteiger partial charge in [0, 0.05) is 18.5 Å². The van der Waals surface area contributed by atoms with Gasteiger partial charge in [-0.3, -0.25) is 10.2 Å². The van der Waals surface area contributed by atoms with Crippen LogP contribution in [0.25, 0.3) is 11.1 Å². The molecule has 8 nitrogen and oxygen atoms in total. The number of thioether (sulfide) groups is 1. The third-order valence-corrected chi connectivity index (χ3v) is 6.21. The summed E-state index contributed by atoms with van der Waals surface area (Å²) in [7, 11) is 0. The number of aliphatic carboxylic acids is 1. The Morgan fingerprint density at radius 3 is 2.27 bits per heavy atom. The molecule has 3 rings (SSSR count). The molecule has 1 atom stereocenters. The summed E-state index contributed by atoms with van der Waals surface area (Å²) in [6.45, 7) is 2.57. The zero-order valence-corrected chi connectivity index (χ0v) is 21.8. The van der Waals surface area contributed by atoms with Crippen LogP contribution in [0.2, 0.25) is 0 Å². The number of amides is 1. The van der Waals surface area contributed by atoms with Gasteiger partial charge >= 0.3 is 5.97 Å². The second-order valence-corrected chi connectivity index (χ2v) is 9.25. The number of hydrogen-bond acceptors (Lipinski definition) is 6. The molecule has 0 radical (unpaired) electrons. The van der Waals surface area contributed by atoms with Crippen LogP contribution in [0, 0.1) is 17.9 Å². The summed E-state index contributed by atoms with van der Waals surface area (Å²) in [5, 5.41) is 22.8. The first-order valence-corrected chi connectivity index (χ1v) is 13.1. The van der Waals surface area contributed by atoms with Crippen LogP contribution in [0.4, 0.5) is 0 Å². The van der Waals surface area contributed by atoms with Crippen molar-refractivity contribution < 1.29 is 14.7 Å². The third-order valence-electron chi connectivity index (χ3n) is 5.56. The van der Waals surface area contributed by atoms with E-state index in [1.54, 1.807) is 18.2 Å². The third kappa shape index (κ3) is 9.29. The highest BCUT2D eigenvalue weighted by Gasteiger charge is 2.22. The van der Waals surface area contributed by atoms with Crippen LogP contribution >= 0.6 is 11.8 Å². The van der Waals surface area contributed by atoms with Crippen molar-refractivity contribution >= 4 is 29.5 Å². The molecule has 6 N–H and O–H groups in total. The molecule has 37 heavy (non-hydrogen) atoms. The maximum Gasteiger partial charge on any atom is 0.326 e. The van der Waals surface area contributed by atoms with Gasteiger partial charge in [-0.25, -0.2) is 10.3 Å². The normalized spacial score (nSPS) is 11.0. The molecule has 0 saturated heterocycles. The Bertz CT molecular complexity index is 1220. The van der Waals surface area contributed by atoms with E-state index in [2.05, 4.69) is 10.4 Å². The molecule has 1 unspecified atom stereocenters. The van der Waals surface area contributed by atoms with E-state index >= 15 is 0 Å². The highest BCUT2D eigenvalue weighted by atomic mass is 32.2. The first-order valence-electron chi connectivity index (χ1n) is 11.7. The monoisotopic (exact) mass is 519 g/mol. The number of nitrogens with one attached hydrogen (secondary N) is 3. The Hall–Kier alpha value is -3.82. The molecule has 0 fully saturated rings. The van der Waals surface area contributed by atoms with Crippen molar-refractivity contribution in [2.24, 2.45) is 10.8 Å². The molecule has 0 aliphatic heterocycles. The number of nitrogens with zero attached hydrogens (tertiary/aromatic N) is 1. The number of carboxylic acids is 1. The highest BCUT2D eigenvalue weighted by Crippen LogP contribution is 2.28. The Balaban J connectivity index is 0.000000510. The zero-order chi connectivity index (χ0) is 27.2. The number of hydrogen-bond donors (Lipinski definition) is 5. The summed E-state index contributed by atoms with van der Waals surface area (Å²) in [6, 6.07) is 21.8. The zero-order valence-electron chi connectivity index (χ0n) is 21.0. The smallest absolute Gasteiger partial charge is 0.326 e. The van der Waals surface area contributed by atoms with Crippen LogP contribution in [0.5, 0.6) is 0 Å². The number of aryl methyl sites for hydroxylation is 1. The van der Waals surface area contributed by atoms with Gasteiger partial charge in [0.15, 0.2) is 0 Å². The molecule has 0 aliphatic rings. The lowest BCUT2D eigenvalue weighted by molar-refractivity contribution is -0.139. The molecule has 3 aromatic carbocycles. The molecular formula is C28H33N5O3S. The quantitative estimate of drug-likeness (QED) is 0.140. The van der Waals surface area contributed by atoms with Crippen LogP contribution < -0.4 is 11.1 Å². The lowest BCUT2D eigenvalue weighted by Crippen LogP contribution is -2.41. The molecule has 194 valence electrons. The van der Waals surface area contributed by atoms with Gasteiger partial charge in [-0.15, -0.1) is 5.11 Å². The van der Waals surface area contributed by atoms with Crippen molar-refractivity contribution in [3.05, 3.63) is 95.1 Å². The van der Waals surface area contributed by atoms with E-state index in [9.17, 15) is 14.7 Å². The average molecular weight is 520 g/mol. The molecule has 0 aliphatic carbocycles. The van der Waals surface area contributed by atoms with Crippen LogP contribution in [-0.4, -0.2) is 40.9 Å². The summed E-state index contributed by atoms with van der Waals surface area (Å²) < 4.78 is 0. The standard InChI is InChI=1S/C21H24N4O3S.C7H9N/c1-13-5-3-4-6-15(13)17-11-14(12-19(22)25-23)7-8-16(17)20(26)24-18(21(27)28)9-10-29-2;8-6-7-4-2-1-3-5-7/h3-8,11,18,22-23H,9-10,12H2,1-2H3,(H,24,26)(H,27,28);1-5H,6,8H2. The number of amidine groups is 1. The number of carboxylic acid groups (broad SMARTS) is 1. The fraction of sp³-hybridized carbons (Fsp3) is 0.250. The maximum absolute atomic E-state index is 12.9. The van der Waals surface area contributed by atoms with Crippen LogP contribution in [0.3, 0.4) is 0 Å². The number of rotatable bonds is 10. The molecule has 0 saturated carbocycles. The molecule has 9 heteroatoms. The minimum Gasteiger partial charge on any atom is -0.480 e. The number of carbonyl (C=O) groups is 2. The summed E-state index contributed by atoms with van der Waals surface area (Å²) in [4.78, 5) is 24.5. The molecule has 0 bridgehead atoms. The predicted molar refractivity (Wildman–Crippen MR) is 149 cm³/mol. The lowest BCUT2D eigenvalue weighted by atomic mass is 9.93. The molecule has 0 spiro atoms. The van der Waals surface area contributed by atoms with E-state index in [-0.39, 0.29) is 12.3 Å². The van der Waals surface area contributed by atoms with E-state index in [0.717, 1.165) is 16.7 Å². The molecule has 1 amide bonds. The minimum atomic E-state index is -1.06. The first-order chi connectivity index (χ1) is 17.8. The van der Waals surface area contributed by atoms with Gasteiger partial charge < -0.3 is 16.2 Å². The van der Waals surface area contributed by atoms with Crippen molar-refractivity contribution in [2.75, 3.05) is 12.0 Å².